The van der Waals surface area contributed by atoms with Gasteiger partial charge in [-0.1, -0.05) is 23.7 Å². The minimum Gasteiger partial charge on any atom is -0.454 e. The standard InChI is InChI=1S/C30H24ClN3O6/c31-22-12-26-25(39-14-40-26)11-21(22)30(36)34-17-4-1-15-2-5-19-27(20(15)10-17)18(7-8-33-28(19)29(32)35)16-3-6-23-24(9-16)38-13-37-23/h1,3-4,6,9-12,18H,2,5,7-8,13-14H2,(H2,32,35)(H,34,36). The molecule has 1 atom stereocenters. The monoisotopic (exact) mass is 557 g/mol. The fourth-order valence-corrected chi connectivity index (χ4v) is 6.09. The predicted octanol–water partition coefficient (Wildman–Crippen LogP) is 4.86. The van der Waals surface area contributed by atoms with Gasteiger partial charge in [-0.2, -0.15) is 0 Å². The number of rotatable bonds is 4. The molecule has 7 rings (SSSR count). The molecule has 0 spiro atoms. The molecule has 1 aliphatic carbocycles. The number of nitrogens with one attached hydrogen (secondary N) is 1. The number of carbonyl (C=O) groups is 2. The second kappa shape index (κ2) is 9.60. The van der Waals surface area contributed by atoms with Crippen molar-refractivity contribution in [3.63, 3.8) is 0 Å². The number of nitrogens with zero attached hydrogens (tertiary/aromatic N) is 1. The zero-order chi connectivity index (χ0) is 27.4. The van der Waals surface area contributed by atoms with E-state index in [2.05, 4.69) is 10.3 Å². The van der Waals surface area contributed by atoms with Gasteiger partial charge in [0.2, 0.25) is 13.6 Å². The fourth-order valence-electron chi connectivity index (χ4n) is 5.85. The van der Waals surface area contributed by atoms with E-state index < -0.39 is 5.91 Å². The van der Waals surface area contributed by atoms with Gasteiger partial charge >= 0.3 is 0 Å². The highest BCUT2D eigenvalue weighted by Gasteiger charge is 2.33. The molecule has 202 valence electrons. The van der Waals surface area contributed by atoms with Crippen LogP contribution in [0.1, 0.15) is 45.8 Å². The summed E-state index contributed by atoms with van der Waals surface area (Å²) in [5.74, 6) is 1.39. The minimum absolute atomic E-state index is 0.0709. The lowest BCUT2D eigenvalue weighted by molar-refractivity contribution is -0.111. The van der Waals surface area contributed by atoms with Crippen LogP contribution in [0.4, 0.5) is 5.69 Å². The van der Waals surface area contributed by atoms with E-state index in [9.17, 15) is 9.59 Å². The van der Waals surface area contributed by atoms with Crippen LogP contribution in [-0.2, 0) is 11.2 Å². The van der Waals surface area contributed by atoms with E-state index >= 15 is 0 Å². The summed E-state index contributed by atoms with van der Waals surface area (Å²) >= 11 is 6.39. The first-order chi connectivity index (χ1) is 19.5. The Morgan fingerprint density at radius 1 is 0.900 bits per heavy atom. The predicted molar refractivity (Wildman–Crippen MR) is 149 cm³/mol. The second-order valence-corrected chi connectivity index (χ2v) is 10.4. The third-order valence-corrected chi connectivity index (χ3v) is 8.00. The minimum atomic E-state index is -0.538. The van der Waals surface area contributed by atoms with Crippen LogP contribution in [0.25, 0.3) is 5.57 Å². The topological polar surface area (TPSA) is 121 Å². The van der Waals surface area contributed by atoms with E-state index in [0.717, 1.165) is 34.3 Å². The van der Waals surface area contributed by atoms with Crippen LogP contribution < -0.4 is 30.0 Å². The molecule has 9 nitrogen and oxygen atoms in total. The molecule has 3 aliphatic heterocycles. The molecule has 0 bridgehead atoms. The number of hydrogen-bond acceptors (Lipinski definition) is 7. The van der Waals surface area contributed by atoms with Gasteiger partial charge in [0.15, 0.2) is 23.0 Å². The molecular formula is C30H24ClN3O6. The Bertz CT molecular complexity index is 1660. The molecule has 0 saturated heterocycles. The van der Waals surface area contributed by atoms with Crippen molar-refractivity contribution in [1.82, 2.24) is 0 Å². The lowest BCUT2D eigenvalue weighted by Crippen LogP contribution is -2.27. The van der Waals surface area contributed by atoms with Crippen LogP contribution >= 0.6 is 11.6 Å². The summed E-state index contributed by atoms with van der Waals surface area (Å²) in [7, 11) is 0. The van der Waals surface area contributed by atoms with Crippen molar-refractivity contribution in [2.45, 2.75) is 25.2 Å². The van der Waals surface area contributed by atoms with Gasteiger partial charge in [0.05, 0.1) is 10.6 Å². The molecule has 0 aromatic heterocycles. The van der Waals surface area contributed by atoms with E-state index in [1.165, 1.54) is 0 Å². The summed E-state index contributed by atoms with van der Waals surface area (Å²) in [6.07, 6.45) is 2.04. The molecular weight excluding hydrogens is 534 g/mol. The number of fused-ring (bicyclic) bond motifs is 4. The third-order valence-electron chi connectivity index (χ3n) is 7.69. The molecule has 3 aromatic carbocycles. The number of allylic oxidation sites excluding steroid dienone is 1. The van der Waals surface area contributed by atoms with Crippen LogP contribution in [0.5, 0.6) is 23.0 Å². The Morgan fingerprint density at radius 2 is 1.65 bits per heavy atom. The Morgan fingerprint density at radius 3 is 2.45 bits per heavy atom. The van der Waals surface area contributed by atoms with E-state index in [4.69, 9.17) is 36.3 Å². The Kier molecular flexibility index (Phi) is 5.89. The molecule has 0 radical (unpaired) electrons. The Hall–Kier alpha value is -4.50. The zero-order valence-electron chi connectivity index (χ0n) is 21.3. The molecule has 10 heteroatoms. The van der Waals surface area contributed by atoms with Crippen molar-refractivity contribution < 1.29 is 28.5 Å². The van der Waals surface area contributed by atoms with Crippen molar-refractivity contribution in [3.8, 4) is 23.0 Å². The Labute approximate surface area is 234 Å². The van der Waals surface area contributed by atoms with E-state index in [0.29, 0.717) is 53.8 Å². The molecule has 2 amide bonds. The first kappa shape index (κ1) is 24.5. The molecule has 3 aromatic rings. The van der Waals surface area contributed by atoms with Crippen LogP contribution in [0.3, 0.4) is 0 Å². The number of benzene rings is 3. The lowest BCUT2D eigenvalue weighted by atomic mass is 9.75. The smallest absolute Gasteiger partial charge is 0.267 e. The molecule has 0 fully saturated rings. The summed E-state index contributed by atoms with van der Waals surface area (Å²) in [6.45, 7) is 0.727. The van der Waals surface area contributed by atoms with Gasteiger partial charge < -0.3 is 30.0 Å². The van der Waals surface area contributed by atoms with Crippen molar-refractivity contribution in [1.29, 1.82) is 0 Å². The van der Waals surface area contributed by atoms with Gasteiger partial charge in [0.1, 0.15) is 5.71 Å². The maximum atomic E-state index is 13.3. The van der Waals surface area contributed by atoms with Crippen molar-refractivity contribution in [2.24, 2.45) is 10.7 Å². The van der Waals surface area contributed by atoms with Crippen molar-refractivity contribution in [2.75, 3.05) is 25.4 Å². The number of primary amides is 1. The normalized spacial score (nSPS) is 18.4. The number of anilines is 1. The summed E-state index contributed by atoms with van der Waals surface area (Å²) in [4.78, 5) is 30.3. The summed E-state index contributed by atoms with van der Waals surface area (Å²) in [5.41, 5.74) is 12.0. The van der Waals surface area contributed by atoms with Crippen LogP contribution in [0.15, 0.2) is 59.1 Å². The zero-order valence-corrected chi connectivity index (χ0v) is 22.0. The SMILES string of the molecule is NC(=O)C1=NCCC(c2ccc3c(c2)OCO3)C2=C1CCc1ccc(NC(=O)c3cc4c(cc3Cl)OCO4)cc12. The fraction of sp³-hybridized carbons (Fsp3) is 0.233. The van der Waals surface area contributed by atoms with Crippen LogP contribution in [0, 0.1) is 0 Å². The molecule has 3 heterocycles. The average Bonchev–Trinajstić information content (AvgIpc) is 3.56. The van der Waals surface area contributed by atoms with Crippen molar-refractivity contribution in [3.05, 3.63) is 81.4 Å². The molecule has 40 heavy (non-hydrogen) atoms. The van der Waals surface area contributed by atoms with Crippen LogP contribution in [0.2, 0.25) is 5.02 Å². The second-order valence-electron chi connectivity index (χ2n) is 9.95. The molecule has 4 aliphatic rings. The highest BCUT2D eigenvalue weighted by Crippen LogP contribution is 2.47. The summed E-state index contributed by atoms with van der Waals surface area (Å²) in [6, 6.07) is 14.9. The number of ether oxygens (including phenoxy) is 4. The summed E-state index contributed by atoms with van der Waals surface area (Å²) in [5, 5.41) is 3.24. The molecule has 0 saturated carbocycles. The maximum Gasteiger partial charge on any atom is 0.267 e. The number of carbonyl (C=O) groups excluding carboxylic acids is 2. The quantitative estimate of drug-likeness (QED) is 0.472. The first-order valence-corrected chi connectivity index (χ1v) is 13.3. The molecule has 3 N–H and O–H groups in total. The number of hydrogen-bond donors (Lipinski definition) is 2. The highest BCUT2D eigenvalue weighted by atomic mass is 35.5. The third kappa shape index (κ3) is 4.14. The van der Waals surface area contributed by atoms with Gasteiger partial charge in [-0.25, -0.2) is 0 Å². The number of halogens is 1. The number of amides is 2. The number of nitrogens with two attached hydrogens (primary N) is 1. The average molecular weight is 558 g/mol. The van der Waals surface area contributed by atoms with E-state index in [-0.39, 0.29) is 36.0 Å². The van der Waals surface area contributed by atoms with E-state index in [1.54, 1.807) is 12.1 Å². The van der Waals surface area contributed by atoms with Gasteiger partial charge in [0, 0.05) is 24.2 Å². The summed E-state index contributed by atoms with van der Waals surface area (Å²) < 4.78 is 21.9. The highest BCUT2D eigenvalue weighted by molar-refractivity contribution is 6.46. The molecule has 1 unspecified atom stereocenters. The maximum absolute atomic E-state index is 13.3. The van der Waals surface area contributed by atoms with Crippen molar-refractivity contribution >= 4 is 40.4 Å². The first-order valence-electron chi connectivity index (χ1n) is 13.0. The van der Waals surface area contributed by atoms with Gasteiger partial charge in [-0.15, -0.1) is 0 Å². The number of aliphatic imine (C=N–C) groups is 1. The van der Waals surface area contributed by atoms with Crippen LogP contribution in [-0.4, -0.2) is 37.7 Å². The largest absolute Gasteiger partial charge is 0.454 e. The Balaban J connectivity index is 1.29. The number of aryl methyl sites for hydroxylation is 1. The van der Waals surface area contributed by atoms with Gasteiger partial charge in [-0.05, 0) is 77.4 Å². The lowest BCUT2D eigenvalue weighted by Gasteiger charge is -2.29. The van der Waals surface area contributed by atoms with Gasteiger partial charge in [-0.3, -0.25) is 14.6 Å². The van der Waals surface area contributed by atoms with E-state index in [1.807, 2.05) is 36.4 Å². The van der Waals surface area contributed by atoms with Gasteiger partial charge in [0.25, 0.3) is 11.8 Å².